The van der Waals surface area contributed by atoms with Crippen molar-refractivity contribution in [1.82, 2.24) is 10.6 Å². The number of carbonyl (C=O) groups excluding carboxylic acids is 1. The van der Waals surface area contributed by atoms with Crippen molar-refractivity contribution < 1.29 is 22.4 Å². The standard InChI is InChI=1S/C11H18F4N2O/c12-10(13)11(14,15)7-17-9(18)4-3-8-2-1-5-16-6-8/h8,10,16H,1-7H2,(H,17,18). The number of nitrogens with one attached hydrogen (secondary N) is 2. The molecule has 0 aliphatic carbocycles. The molecular formula is C11H18F4N2O. The summed E-state index contributed by atoms with van der Waals surface area (Å²) in [6.07, 6.45) is -1.01. The molecule has 2 N–H and O–H groups in total. The molecule has 0 aromatic heterocycles. The van der Waals surface area contributed by atoms with Gasteiger partial charge in [-0.15, -0.1) is 0 Å². The average Bonchev–Trinajstić information content (AvgIpc) is 2.35. The van der Waals surface area contributed by atoms with Crippen LogP contribution in [0.5, 0.6) is 0 Å². The van der Waals surface area contributed by atoms with E-state index in [9.17, 15) is 22.4 Å². The second-order valence-corrected chi connectivity index (χ2v) is 4.59. The maximum atomic E-state index is 12.5. The van der Waals surface area contributed by atoms with Crippen LogP contribution >= 0.6 is 0 Å². The van der Waals surface area contributed by atoms with Crippen molar-refractivity contribution >= 4 is 5.91 Å². The van der Waals surface area contributed by atoms with Crippen LogP contribution in [0.1, 0.15) is 25.7 Å². The summed E-state index contributed by atoms with van der Waals surface area (Å²) in [5.41, 5.74) is 0. The van der Waals surface area contributed by atoms with Gasteiger partial charge in [0.25, 0.3) is 0 Å². The average molecular weight is 270 g/mol. The van der Waals surface area contributed by atoms with Crippen LogP contribution in [0.3, 0.4) is 0 Å². The fourth-order valence-electron chi connectivity index (χ4n) is 1.89. The van der Waals surface area contributed by atoms with Crippen molar-refractivity contribution in [2.75, 3.05) is 19.6 Å². The van der Waals surface area contributed by atoms with Crippen LogP contribution in [0.25, 0.3) is 0 Å². The summed E-state index contributed by atoms with van der Waals surface area (Å²) in [4.78, 5) is 11.2. The Morgan fingerprint density at radius 2 is 2.17 bits per heavy atom. The largest absolute Gasteiger partial charge is 0.350 e. The Hall–Kier alpha value is -0.850. The van der Waals surface area contributed by atoms with Gasteiger partial charge in [0, 0.05) is 6.42 Å². The summed E-state index contributed by atoms with van der Waals surface area (Å²) in [7, 11) is 0. The first-order valence-corrected chi connectivity index (χ1v) is 6.05. The van der Waals surface area contributed by atoms with Gasteiger partial charge in [-0.1, -0.05) is 0 Å². The fourth-order valence-corrected chi connectivity index (χ4v) is 1.89. The summed E-state index contributed by atoms with van der Waals surface area (Å²) in [6.45, 7) is 0.482. The maximum Gasteiger partial charge on any atom is 0.324 e. The summed E-state index contributed by atoms with van der Waals surface area (Å²) in [5, 5.41) is 5.03. The molecular weight excluding hydrogens is 252 g/mol. The van der Waals surface area contributed by atoms with Gasteiger partial charge < -0.3 is 10.6 Å². The molecule has 0 spiro atoms. The van der Waals surface area contributed by atoms with Crippen molar-refractivity contribution in [1.29, 1.82) is 0 Å². The SMILES string of the molecule is O=C(CCC1CCCNC1)NCC(F)(F)C(F)F. The van der Waals surface area contributed by atoms with Gasteiger partial charge in [-0.3, -0.25) is 4.79 Å². The second-order valence-electron chi connectivity index (χ2n) is 4.59. The Morgan fingerprint density at radius 3 is 2.72 bits per heavy atom. The molecule has 1 heterocycles. The molecule has 0 aromatic carbocycles. The summed E-state index contributed by atoms with van der Waals surface area (Å²) in [6, 6.07) is 0. The molecule has 1 saturated heterocycles. The minimum atomic E-state index is -4.15. The van der Waals surface area contributed by atoms with E-state index < -0.39 is 24.8 Å². The zero-order valence-corrected chi connectivity index (χ0v) is 10.0. The zero-order chi connectivity index (χ0) is 13.6. The highest BCUT2D eigenvalue weighted by atomic mass is 19.3. The van der Waals surface area contributed by atoms with Gasteiger partial charge >= 0.3 is 12.3 Å². The van der Waals surface area contributed by atoms with Crippen LogP contribution in [0.2, 0.25) is 0 Å². The Labute approximate surface area is 103 Å². The lowest BCUT2D eigenvalue weighted by Crippen LogP contribution is -2.41. The van der Waals surface area contributed by atoms with E-state index >= 15 is 0 Å². The molecule has 1 aliphatic rings. The molecule has 0 aromatic rings. The number of hydrogen-bond donors (Lipinski definition) is 2. The highest BCUT2D eigenvalue weighted by Crippen LogP contribution is 2.21. The van der Waals surface area contributed by atoms with Crippen LogP contribution in [0.4, 0.5) is 17.6 Å². The highest BCUT2D eigenvalue weighted by molar-refractivity contribution is 5.75. The Kier molecular flexibility index (Phi) is 5.84. The van der Waals surface area contributed by atoms with E-state index in [1.165, 1.54) is 0 Å². The van der Waals surface area contributed by atoms with Crippen molar-refractivity contribution in [2.24, 2.45) is 5.92 Å². The molecule has 1 unspecified atom stereocenters. The minimum Gasteiger partial charge on any atom is -0.350 e. The maximum absolute atomic E-state index is 12.5. The minimum absolute atomic E-state index is 0.103. The lowest BCUT2D eigenvalue weighted by Gasteiger charge is -2.22. The molecule has 0 radical (unpaired) electrons. The Bertz CT molecular complexity index is 268. The van der Waals surface area contributed by atoms with Crippen molar-refractivity contribution in [3.05, 3.63) is 0 Å². The summed E-state index contributed by atoms with van der Waals surface area (Å²) >= 11 is 0. The van der Waals surface area contributed by atoms with E-state index in [2.05, 4.69) is 5.32 Å². The lowest BCUT2D eigenvalue weighted by molar-refractivity contribution is -0.136. The van der Waals surface area contributed by atoms with E-state index in [1.54, 1.807) is 0 Å². The number of amides is 1. The molecule has 1 amide bonds. The monoisotopic (exact) mass is 270 g/mol. The number of halogens is 4. The van der Waals surface area contributed by atoms with Gasteiger partial charge in [-0.25, -0.2) is 8.78 Å². The molecule has 7 heteroatoms. The van der Waals surface area contributed by atoms with Crippen LogP contribution in [0, 0.1) is 5.92 Å². The van der Waals surface area contributed by atoms with Crippen LogP contribution in [-0.2, 0) is 4.79 Å². The van der Waals surface area contributed by atoms with Gasteiger partial charge in [0.2, 0.25) is 5.91 Å². The molecule has 18 heavy (non-hydrogen) atoms. The number of piperidine rings is 1. The highest BCUT2D eigenvalue weighted by Gasteiger charge is 2.40. The molecule has 0 bridgehead atoms. The van der Waals surface area contributed by atoms with E-state index in [1.807, 2.05) is 5.32 Å². The second kappa shape index (κ2) is 6.92. The zero-order valence-electron chi connectivity index (χ0n) is 10.0. The van der Waals surface area contributed by atoms with E-state index in [-0.39, 0.29) is 6.42 Å². The van der Waals surface area contributed by atoms with Gasteiger partial charge in [0.1, 0.15) is 0 Å². The smallest absolute Gasteiger partial charge is 0.324 e. The molecule has 0 saturated carbocycles. The molecule has 3 nitrogen and oxygen atoms in total. The van der Waals surface area contributed by atoms with Gasteiger partial charge in [-0.2, -0.15) is 8.78 Å². The van der Waals surface area contributed by atoms with Crippen molar-refractivity contribution in [3.63, 3.8) is 0 Å². The molecule has 106 valence electrons. The normalized spacial score (nSPS) is 21.1. The molecule has 1 fully saturated rings. The predicted octanol–water partition coefficient (Wildman–Crippen LogP) is 1.78. The third-order valence-electron chi connectivity index (χ3n) is 3.02. The topological polar surface area (TPSA) is 41.1 Å². The van der Waals surface area contributed by atoms with E-state index in [4.69, 9.17) is 0 Å². The van der Waals surface area contributed by atoms with Gasteiger partial charge in [0.15, 0.2) is 0 Å². The number of hydrogen-bond acceptors (Lipinski definition) is 2. The quantitative estimate of drug-likeness (QED) is 0.722. The third-order valence-corrected chi connectivity index (χ3v) is 3.02. The molecule has 1 atom stereocenters. The first-order valence-electron chi connectivity index (χ1n) is 6.05. The van der Waals surface area contributed by atoms with Crippen LogP contribution in [-0.4, -0.2) is 37.9 Å². The Balaban J connectivity index is 2.17. The van der Waals surface area contributed by atoms with Crippen LogP contribution < -0.4 is 10.6 Å². The Morgan fingerprint density at radius 1 is 1.44 bits per heavy atom. The first kappa shape index (κ1) is 15.2. The summed E-state index contributed by atoms with van der Waals surface area (Å²) < 4.78 is 48.7. The van der Waals surface area contributed by atoms with E-state index in [0.717, 1.165) is 25.9 Å². The number of alkyl halides is 4. The third kappa shape index (κ3) is 5.20. The fraction of sp³-hybridized carbons (Fsp3) is 0.909. The number of carbonyl (C=O) groups is 1. The van der Waals surface area contributed by atoms with Crippen molar-refractivity contribution in [2.45, 2.75) is 38.0 Å². The van der Waals surface area contributed by atoms with Crippen LogP contribution in [0.15, 0.2) is 0 Å². The van der Waals surface area contributed by atoms with Gasteiger partial charge in [-0.05, 0) is 38.3 Å². The summed E-state index contributed by atoms with van der Waals surface area (Å²) in [5.74, 6) is -4.39. The molecule has 1 aliphatic heterocycles. The first-order chi connectivity index (χ1) is 8.42. The lowest BCUT2D eigenvalue weighted by atomic mass is 9.94. The molecule has 1 rings (SSSR count). The van der Waals surface area contributed by atoms with Gasteiger partial charge in [0.05, 0.1) is 6.54 Å². The van der Waals surface area contributed by atoms with E-state index in [0.29, 0.717) is 12.3 Å². The number of rotatable bonds is 6. The van der Waals surface area contributed by atoms with Crippen molar-refractivity contribution in [3.8, 4) is 0 Å². The predicted molar refractivity (Wildman–Crippen MR) is 58.8 cm³/mol.